The Labute approximate surface area is 91.9 Å². The molecule has 0 amide bonds. The molecule has 0 aliphatic heterocycles. The van der Waals surface area contributed by atoms with E-state index in [4.69, 9.17) is 9.84 Å². The summed E-state index contributed by atoms with van der Waals surface area (Å²) in [4.78, 5) is 11.2. The fourth-order valence-electron chi connectivity index (χ4n) is 1.51. The van der Waals surface area contributed by atoms with Crippen LogP contribution in [0.15, 0.2) is 36.7 Å². The lowest BCUT2D eigenvalue weighted by Gasteiger charge is -2.10. The summed E-state index contributed by atoms with van der Waals surface area (Å²) in [6.45, 7) is 0. The van der Waals surface area contributed by atoms with Crippen LogP contribution in [-0.4, -0.2) is 28.0 Å². The van der Waals surface area contributed by atoms with E-state index in [1.165, 1.54) is 11.8 Å². The predicted octanol–water partition coefficient (Wildman–Crippen LogP) is 1.58. The maximum atomic E-state index is 11.2. The van der Waals surface area contributed by atoms with Gasteiger partial charge >= 0.3 is 5.97 Å². The monoisotopic (exact) mass is 218 g/mol. The minimum atomic E-state index is -1.04. The van der Waals surface area contributed by atoms with E-state index in [2.05, 4.69) is 5.10 Å². The van der Waals surface area contributed by atoms with Crippen LogP contribution in [-0.2, 0) is 0 Å². The van der Waals surface area contributed by atoms with Crippen molar-refractivity contribution in [3.05, 3.63) is 42.2 Å². The van der Waals surface area contributed by atoms with Crippen molar-refractivity contribution in [2.45, 2.75) is 0 Å². The highest BCUT2D eigenvalue weighted by Crippen LogP contribution is 2.24. The van der Waals surface area contributed by atoms with Crippen LogP contribution in [0.4, 0.5) is 0 Å². The van der Waals surface area contributed by atoms with Crippen LogP contribution in [0.5, 0.6) is 5.75 Å². The van der Waals surface area contributed by atoms with Crippen molar-refractivity contribution >= 4 is 5.97 Å². The third-order valence-electron chi connectivity index (χ3n) is 2.19. The summed E-state index contributed by atoms with van der Waals surface area (Å²) in [5.41, 5.74) is 0.588. The SMILES string of the molecule is COc1cccc(-n2cccn2)c1C(=O)O. The number of rotatable bonds is 3. The Morgan fingerprint density at radius 1 is 1.44 bits per heavy atom. The molecule has 5 nitrogen and oxygen atoms in total. The lowest BCUT2D eigenvalue weighted by Crippen LogP contribution is -2.07. The van der Waals surface area contributed by atoms with Gasteiger partial charge in [0.25, 0.3) is 0 Å². The first kappa shape index (κ1) is 10.2. The van der Waals surface area contributed by atoms with Crippen molar-refractivity contribution in [3.63, 3.8) is 0 Å². The number of hydrogen-bond donors (Lipinski definition) is 1. The molecule has 0 radical (unpaired) electrons. The summed E-state index contributed by atoms with van der Waals surface area (Å²) in [5.74, 6) is -0.719. The zero-order chi connectivity index (χ0) is 11.5. The van der Waals surface area contributed by atoms with Crippen LogP contribution >= 0.6 is 0 Å². The number of carboxylic acids is 1. The Hall–Kier alpha value is -2.30. The molecule has 1 N–H and O–H groups in total. The molecular formula is C11H10N2O3. The van der Waals surface area contributed by atoms with Gasteiger partial charge in [-0.3, -0.25) is 0 Å². The largest absolute Gasteiger partial charge is 0.496 e. The third kappa shape index (κ3) is 1.63. The first-order valence-electron chi connectivity index (χ1n) is 4.64. The van der Waals surface area contributed by atoms with Gasteiger partial charge in [0.15, 0.2) is 0 Å². The normalized spacial score (nSPS) is 10.1. The standard InChI is InChI=1S/C11H10N2O3/c1-16-9-5-2-4-8(10(9)11(14)15)13-7-3-6-12-13/h2-7H,1H3,(H,14,15). The lowest BCUT2D eigenvalue weighted by atomic mass is 10.1. The summed E-state index contributed by atoms with van der Waals surface area (Å²) in [5, 5.41) is 13.2. The predicted molar refractivity (Wildman–Crippen MR) is 57.1 cm³/mol. The molecule has 16 heavy (non-hydrogen) atoms. The van der Waals surface area contributed by atoms with Crippen LogP contribution in [0.3, 0.4) is 0 Å². The number of carboxylic acid groups (broad SMARTS) is 1. The maximum Gasteiger partial charge on any atom is 0.341 e. The van der Waals surface area contributed by atoms with Gasteiger partial charge in [0, 0.05) is 12.4 Å². The second kappa shape index (κ2) is 4.06. The fraction of sp³-hybridized carbons (Fsp3) is 0.0909. The molecular weight excluding hydrogens is 208 g/mol. The van der Waals surface area contributed by atoms with Gasteiger partial charge in [-0.25, -0.2) is 9.48 Å². The summed E-state index contributed by atoms with van der Waals surface area (Å²) in [6.07, 6.45) is 3.27. The molecule has 2 rings (SSSR count). The number of aromatic carboxylic acids is 1. The zero-order valence-corrected chi connectivity index (χ0v) is 8.62. The Bertz CT molecular complexity index is 506. The van der Waals surface area contributed by atoms with E-state index in [1.807, 2.05) is 0 Å². The number of aromatic nitrogens is 2. The smallest absolute Gasteiger partial charge is 0.341 e. The first-order chi connectivity index (χ1) is 7.74. The van der Waals surface area contributed by atoms with Gasteiger partial charge < -0.3 is 9.84 Å². The van der Waals surface area contributed by atoms with E-state index >= 15 is 0 Å². The highest BCUT2D eigenvalue weighted by molar-refractivity contribution is 5.95. The molecule has 1 heterocycles. The Kier molecular flexibility index (Phi) is 2.59. The topological polar surface area (TPSA) is 64.4 Å². The number of hydrogen-bond acceptors (Lipinski definition) is 3. The minimum absolute atomic E-state index is 0.105. The zero-order valence-electron chi connectivity index (χ0n) is 8.62. The molecule has 1 aromatic heterocycles. The van der Waals surface area contributed by atoms with Gasteiger partial charge in [0.2, 0.25) is 0 Å². The molecule has 0 bridgehead atoms. The number of methoxy groups -OCH3 is 1. The third-order valence-corrected chi connectivity index (χ3v) is 2.19. The molecule has 5 heteroatoms. The summed E-state index contributed by atoms with van der Waals surface area (Å²) >= 11 is 0. The molecule has 1 aromatic carbocycles. The van der Waals surface area contributed by atoms with Crippen LogP contribution in [0.2, 0.25) is 0 Å². The van der Waals surface area contributed by atoms with Crippen LogP contribution in [0, 0.1) is 0 Å². The highest BCUT2D eigenvalue weighted by atomic mass is 16.5. The maximum absolute atomic E-state index is 11.2. The number of carbonyl (C=O) groups is 1. The number of nitrogens with zero attached hydrogens (tertiary/aromatic N) is 2. The molecule has 0 atom stereocenters. The molecule has 0 spiro atoms. The van der Waals surface area contributed by atoms with E-state index < -0.39 is 5.97 Å². The summed E-state index contributed by atoms with van der Waals surface area (Å²) in [6, 6.07) is 6.74. The fourth-order valence-corrected chi connectivity index (χ4v) is 1.51. The first-order valence-corrected chi connectivity index (χ1v) is 4.64. The van der Waals surface area contributed by atoms with Gasteiger partial charge in [-0.1, -0.05) is 6.07 Å². The average Bonchev–Trinajstić information content (AvgIpc) is 2.81. The molecule has 0 aliphatic rings. The van der Waals surface area contributed by atoms with Gasteiger partial charge in [-0.05, 0) is 18.2 Å². The second-order valence-electron chi connectivity index (χ2n) is 3.11. The lowest BCUT2D eigenvalue weighted by molar-refractivity contribution is 0.0693. The second-order valence-corrected chi connectivity index (χ2v) is 3.11. The molecule has 0 saturated carbocycles. The van der Waals surface area contributed by atoms with Crippen molar-refractivity contribution in [3.8, 4) is 11.4 Å². The van der Waals surface area contributed by atoms with E-state index in [1.54, 1.807) is 36.7 Å². The van der Waals surface area contributed by atoms with Crippen molar-refractivity contribution in [2.75, 3.05) is 7.11 Å². The van der Waals surface area contributed by atoms with Gasteiger partial charge in [-0.15, -0.1) is 0 Å². The molecule has 82 valence electrons. The van der Waals surface area contributed by atoms with Crippen LogP contribution in [0.25, 0.3) is 5.69 Å². The number of ether oxygens (including phenoxy) is 1. The Balaban J connectivity index is 2.65. The average molecular weight is 218 g/mol. The van der Waals surface area contributed by atoms with Gasteiger partial charge in [0.1, 0.15) is 11.3 Å². The summed E-state index contributed by atoms with van der Waals surface area (Å²) < 4.78 is 6.52. The summed E-state index contributed by atoms with van der Waals surface area (Å²) in [7, 11) is 1.44. The van der Waals surface area contributed by atoms with E-state index in [9.17, 15) is 4.79 Å². The quantitative estimate of drug-likeness (QED) is 0.849. The molecule has 2 aromatic rings. The van der Waals surface area contributed by atoms with Crippen molar-refractivity contribution in [1.29, 1.82) is 0 Å². The minimum Gasteiger partial charge on any atom is -0.496 e. The van der Waals surface area contributed by atoms with Crippen LogP contribution in [0.1, 0.15) is 10.4 Å². The number of benzene rings is 1. The van der Waals surface area contributed by atoms with Gasteiger partial charge in [-0.2, -0.15) is 5.10 Å². The molecule has 0 saturated heterocycles. The van der Waals surface area contributed by atoms with Crippen molar-refractivity contribution < 1.29 is 14.6 Å². The van der Waals surface area contributed by atoms with Crippen molar-refractivity contribution in [1.82, 2.24) is 9.78 Å². The molecule has 0 unspecified atom stereocenters. The molecule has 0 fully saturated rings. The van der Waals surface area contributed by atoms with Crippen LogP contribution < -0.4 is 4.74 Å². The van der Waals surface area contributed by atoms with Gasteiger partial charge in [0.05, 0.1) is 12.8 Å². The Morgan fingerprint density at radius 3 is 2.81 bits per heavy atom. The Morgan fingerprint density at radius 2 is 2.25 bits per heavy atom. The highest BCUT2D eigenvalue weighted by Gasteiger charge is 2.17. The van der Waals surface area contributed by atoms with E-state index in [0.29, 0.717) is 11.4 Å². The molecule has 0 aliphatic carbocycles. The van der Waals surface area contributed by atoms with Crippen molar-refractivity contribution in [2.24, 2.45) is 0 Å². The van der Waals surface area contributed by atoms with E-state index in [-0.39, 0.29) is 5.56 Å². The van der Waals surface area contributed by atoms with E-state index in [0.717, 1.165) is 0 Å².